The molecule has 1 fully saturated rings. The zero-order valence-electron chi connectivity index (χ0n) is 18.9. The van der Waals surface area contributed by atoms with Gasteiger partial charge in [0.1, 0.15) is 11.7 Å². The molecule has 1 unspecified atom stereocenters. The average molecular weight is 484 g/mol. The van der Waals surface area contributed by atoms with Crippen molar-refractivity contribution in [2.45, 2.75) is 18.9 Å². The number of amidine groups is 1. The molecule has 35 heavy (non-hydrogen) atoms. The van der Waals surface area contributed by atoms with Crippen molar-refractivity contribution in [2.24, 2.45) is 5.73 Å². The van der Waals surface area contributed by atoms with E-state index in [0.29, 0.717) is 23.1 Å². The number of halogens is 1. The first-order valence-electron chi connectivity index (χ1n) is 11.0. The molecule has 0 aromatic heterocycles. The molecule has 2 aromatic rings. The summed E-state index contributed by atoms with van der Waals surface area (Å²) in [6, 6.07) is 10.5. The molecule has 11 heteroatoms. The lowest BCUT2D eigenvalue weighted by molar-refractivity contribution is -0.159. The second-order valence-electron chi connectivity index (χ2n) is 8.06. The van der Waals surface area contributed by atoms with Gasteiger partial charge in [0, 0.05) is 37.3 Å². The number of hydrogen-bond donors (Lipinski definition) is 4. The number of amides is 3. The van der Waals surface area contributed by atoms with E-state index < -0.39 is 36.1 Å². The molecule has 5 N–H and O–H groups in total. The second-order valence-corrected chi connectivity index (χ2v) is 8.06. The van der Waals surface area contributed by atoms with Crippen LogP contribution in [0.2, 0.25) is 0 Å². The Morgan fingerprint density at radius 3 is 2.26 bits per heavy atom. The van der Waals surface area contributed by atoms with Crippen molar-refractivity contribution in [3.8, 4) is 0 Å². The van der Waals surface area contributed by atoms with Gasteiger partial charge in [0.15, 0.2) is 0 Å². The Kier molecular flexibility index (Phi) is 8.13. The Balaban J connectivity index is 1.53. The summed E-state index contributed by atoms with van der Waals surface area (Å²) in [5, 5.41) is 19.4. The van der Waals surface area contributed by atoms with Crippen molar-refractivity contribution in [1.29, 1.82) is 5.41 Å². The Hall–Kier alpha value is -4.28. The molecule has 1 saturated heterocycles. The average Bonchev–Trinajstić information content (AvgIpc) is 2.83. The predicted molar refractivity (Wildman–Crippen MR) is 124 cm³/mol. The highest BCUT2D eigenvalue weighted by Crippen LogP contribution is 2.27. The predicted octanol–water partition coefficient (Wildman–Crippen LogP) is 1.12. The fourth-order valence-electron chi connectivity index (χ4n) is 3.83. The summed E-state index contributed by atoms with van der Waals surface area (Å²) in [5.74, 6) is -3.61. The number of carboxylic acids is 1. The van der Waals surface area contributed by atoms with Crippen LogP contribution in [0.1, 0.15) is 40.4 Å². The zero-order valence-corrected chi connectivity index (χ0v) is 18.9. The van der Waals surface area contributed by atoms with Crippen molar-refractivity contribution in [2.75, 3.05) is 26.2 Å². The van der Waals surface area contributed by atoms with E-state index in [2.05, 4.69) is 5.32 Å². The molecule has 1 aliphatic rings. The molecule has 1 aliphatic heterocycles. The lowest BCUT2D eigenvalue weighted by Gasteiger charge is -2.38. The SMILES string of the molecule is N=C(N)c1ccc(C(=O)NCCCN2CCN(C(CC(=O)O)c3ccc(F)cc3)C(=O)C2=O)cc1. The standard InChI is InChI=1S/C24H26FN5O5/c25-18-8-6-15(7-9-18)19(14-20(31)32)30-13-12-29(23(34)24(30)35)11-1-10-28-22(33)17-4-2-16(3-5-17)21(26)27/h2-9,19H,1,10-14H2,(H3,26,27)(H,28,33)(H,31,32). The molecule has 3 amide bonds. The van der Waals surface area contributed by atoms with Gasteiger partial charge < -0.3 is 26.0 Å². The van der Waals surface area contributed by atoms with Crippen LogP contribution in [-0.4, -0.2) is 70.6 Å². The number of aliphatic carboxylic acids is 1. The number of carbonyl (C=O) groups excluding carboxylic acids is 3. The molecule has 0 saturated carbocycles. The third-order valence-corrected chi connectivity index (χ3v) is 5.69. The Bertz CT molecular complexity index is 1120. The van der Waals surface area contributed by atoms with E-state index in [4.69, 9.17) is 11.1 Å². The van der Waals surface area contributed by atoms with E-state index >= 15 is 0 Å². The van der Waals surface area contributed by atoms with Crippen LogP contribution in [0.5, 0.6) is 0 Å². The summed E-state index contributed by atoms with van der Waals surface area (Å²) in [6.45, 7) is 0.853. The molecule has 1 heterocycles. The highest BCUT2D eigenvalue weighted by atomic mass is 19.1. The summed E-state index contributed by atoms with van der Waals surface area (Å²) in [6.07, 6.45) is -0.00309. The number of nitrogens with zero attached hydrogens (tertiary/aromatic N) is 2. The molecule has 0 bridgehead atoms. The van der Waals surface area contributed by atoms with Crippen LogP contribution in [0.15, 0.2) is 48.5 Å². The first-order chi connectivity index (χ1) is 16.7. The maximum atomic E-state index is 13.3. The number of nitrogens with two attached hydrogens (primary N) is 1. The maximum absolute atomic E-state index is 13.3. The van der Waals surface area contributed by atoms with E-state index in [0.717, 1.165) is 0 Å². The number of piperazine rings is 1. The van der Waals surface area contributed by atoms with E-state index in [9.17, 15) is 28.7 Å². The minimum absolute atomic E-state index is 0.0942. The van der Waals surface area contributed by atoms with Crippen LogP contribution >= 0.6 is 0 Å². The molecule has 184 valence electrons. The van der Waals surface area contributed by atoms with Crippen molar-refractivity contribution >= 4 is 29.5 Å². The molecular weight excluding hydrogens is 457 g/mol. The Morgan fingerprint density at radius 2 is 1.66 bits per heavy atom. The van der Waals surface area contributed by atoms with Crippen molar-refractivity contribution in [3.05, 3.63) is 71.0 Å². The van der Waals surface area contributed by atoms with Crippen LogP contribution in [-0.2, 0) is 14.4 Å². The number of benzene rings is 2. The van der Waals surface area contributed by atoms with Gasteiger partial charge in [0.2, 0.25) is 0 Å². The van der Waals surface area contributed by atoms with E-state index in [1.165, 1.54) is 34.1 Å². The van der Waals surface area contributed by atoms with Gasteiger partial charge in [-0.25, -0.2) is 4.39 Å². The van der Waals surface area contributed by atoms with Gasteiger partial charge in [-0.15, -0.1) is 0 Å². The van der Waals surface area contributed by atoms with Crippen LogP contribution in [0, 0.1) is 11.2 Å². The molecule has 1 atom stereocenters. The topological polar surface area (TPSA) is 157 Å². The summed E-state index contributed by atoms with van der Waals surface area (Å²) in [5.41, 5.74) is 6.74. The van der Waals surface area contributed by atoms with Gasteiger partial charge in [-0.2, -0.15) is 0 Å². The lowest BCUT2D eigenvalue weighted by Crippen LogP contribution is -2.55. The van der Waals surface area contributed by atoms with Gasteiger partial charge in [-0.1, -0.05) is 24.3 Å². The van der Waals surface area contributed by atoms with Crippen LogP contribution in [0.25, 0.3) is 0 Å². The number of rotatable bonds is 10. The number of carbonyl (C=O) groups is 4. The van der Waals surface area contributed by atoms with Gasteiger partial charge in [0.25, 0.3) is 5.91 Å². The summed E-state index contributed by atoms with van der Waals surface area (Å²) in [7, 11) is 0. The number of nitrogens with one attached hydrogen (secondary N) is 2. The maximum Gasteiger partial charge on any atom is 0.312 e. The van der Waals surface area contributed by atoms with Gasteiger partial charge in [-0.05, 0) is 36.2 Å². The minimum atomic E-state index is -1.14. The monoisotopic (exact) mass is 483 g/mol. The summed E-state index contributed by atoms with van der Waals surface area (Å²) >= 11 is 0. The van der Waals surface area contributed by atoms with Gasteiger partial charge in [-0.3, -0.25) is 24.6 Å². The molecule has 2 aromatic carbocycles. The van der Waals surface area contributed by atoms with Crippen LogP contribution in [0.4, 0.5) is 4.39 Å². The summed E-state index contributed by atoms with van der Waals surface area (Å²) in [4.78, 5) is 51.6. The third kappa shape index (κ3) is 6.40. The number of hydrogen-bond acceptors (Lipinski definition) is 5. The minimum Gasteiger partial charge on any atom is -0.481 e. The van der Waals surface area contributed by atoms with E-state index in [1.807, 2.05) is 0 Å². The highest BCUT2D eigenvalue weighted by molar-refractivity contribution is 6.35. The number of carboxylic acid groups (broad SMARTS) is 1. The quantitative estimate of drug-likeness (QED) is 0.172. The van der Waals surface area contributed by atoms with Crippen LogP contribution in [0.3, 0.4) is 0 Å². The molecule has 0 spiro atoms. The fourth-order valence-corrected chi connectivity index (χ4v) is 3.83. The van der Waals surface area contributed by atoms with E-state index in [1.54, 1.807) is 24.3 Å². The van der Waals surface area contributed by atoms with E-state index in [-0.39, 0.29) is 37.9 Å². The Labute approximate surface area is 201 Å². The highest BCUT2D eigenvalue weighted by Gasteiger charge is 2.37. The molecular formula is C24H26FN5O5. The smallest absolute Gasteiger partial charge is 0.312 e. The Morgan fingerprint density at radius 1 is 1.03 bits per heavy atom. The van der Waals surface area contributed by atoms with Gasteiger partial charge in [0.05, 0.1) is 12.5 Å². The van der Waals surface area contributed by atoms with Crippen LogP contribution < -0.4 is 11.1 Å². The van der Waals surface area contributed by atoms with Gasteiger partial charge >= 0.3 is 17.8 Å². The molecule has 3 rings (SSSR count). The van der Waals surface area contributed by atoms with Crippen molar-refractivity contribution < 1.29 is 28.7 Å². The number of nitrogen functional groups attached to an aromatic ring is 1. The lowest BCUT2D eigenvalue weighted by atomic mass is 10.0. The summed E-state index contributed by atoms with van der Waals surface area (Å²) < 4.78 is 13.3. The molecule has 10 nitrogen and oxygen atoms in total. The first-order valence-corrected chi connectivity index (χ1v) is 11.0. The molecule has 0 radical (unpaired) electrons. The third-order valence-electron chi connectivity index (χ3n) is 5.69. The van der Waals surface area contributed by atoms with Crippen molar-refractivity contribution in [3.63, 3.8) is 0 Å². The van der Waals surface area contributed by atoms with Crippen molar-refractivity contribution in [1.82, 2.24) is 15.1 Å². The molecule has 0 aliphatic carbocycles. The zero-order chi connectivity index (χ0) is 25.5. The normalized spacial score (nSPS) is 14.5. The second kappa shape index (κ2) is 11.2. The first kappa shape index (κ1) is 25.3. The largest absolute Gasteiger partial charge is 0.481 e. The fraction of sp³-hybridized carbons (Fsp3) is 0.292.